The Hall–Kier alpha value is -3.06. The van der Waals surface area contributed by atoms with Crippen LogP contribution in [-0.2, 0) is 20.7 Å². The highest BCUT2D eigenvalue weighted by molar-refractivity contribution is 5.73. The maximum atomic E-state index is 12.8. The fourth-order valence-corrected chi connectivity index (χ4v) is 5.03. The lowest BCUT2D eigenvalue weighted by Crippen LogP contribution is -2.29. The molecule has 1 aromatic rings. The number of benzene rings is 1. The number of carbonyl (C=O) groups is 2. The molecule has 3 N–H and O–H groups in total. The van der Waals surface area contributed by atoms with Crippen LogP contribution in [0.2, 0.25) is 0 Å². The van der Waals surface area contributed by atoms with Crippen LogP contribution in [0.15, 0.2) is 42.5 Å². The molecule has 0 radical (unpaired) electrons. The van der Waals surface area contributed by atoms with Crippen LogP contribution in [0, 0.1) is 42.4 Å². The fourth-order valence-electron chi connectivity index (χ4n) is 5.03. The Morgan fingerprint density at radius 1 is 1.08 bits per heavy atom. The molecule has 5 atom stereocenters. The zero-order chi connectivity index (χ0) is 27.0. The number of esters is 1. The minimum Gasteiger partial charge on any atom is -0.481 e. The van der Waals surface area contributed by atoms with E-state index in [0.29, 0.717) is 44.9 Å². The van der Waals surface area contributed by atoms with E-state index in [1.807, 2.05) is 42.5 Å². The van der Waals surface area contributed by atoms with Gasteiger partial charge in [0.15, 0.2) is 0 Å². The van der Waals surface area contributed by atoms with Crippen LogP contribution in [0.5, 0.6) is 0 Å². The number of carbonyl (C=O) groups excluding carboxylic acids is 1. The molecule has 37 heavy (non-hydrogen) atoms. The third-order valence-corrected chi connectivity index (χ3v) is 7.10. The van der Waals surface area contributed by atoms with Gasteiger partial charge in [-0.2, -0.15) is 0 Å². The lowest BCUT2D eigenvalue weighted by molar-refractivity contribution is -0.156. The summed E-state index contributed by atoms with van der Waals surface area (Å²) in [6.07, 6.45) is 18.3. The Bertz CT molecular complexity index is 925. The van der Waals surface area contributed by atoms with Gasteiger partial charge < -0.3 is 20.1 Å². The van der Waals surface area contributed by atoms with Crippen LogP contribution in [0.3, 0.4) is 0 Å². The number of rotatable bonds is 16. The molecule has 0 saturated heterocycles. The van der Waals surface area contributed by atoms with E-state index in [9.17, 15) is 19.8 Å². The van der Waals surface area contributed by atoms with Crippen molar-refractivity contribution in [1.29, 1.82) is 0 Å². The summed E-state index contributed by atoms with van der Waals surface area (Å²) >= 11 is 0. The second kappa shape index (κ2) is 16.6. The molecule has 2 rings (SSSR count). The summed E-state index contributed by atoms with van der Waals surface area (Å²) in [5.74, 6) is 2.89. The number of aliphatic carboxylic acids is 1. The van der Waals surface area contributed by atoms with E-state index in [1.54, 1.807) is 0 Å². The lowest BCUT2D eigenvalue weighted by Gasteiger charge is -2.26. The summed E-state index contributed by atoms with van der Waals surface area (Å²) < 4.78 is 5.86. The molecule has 6 heteroatoms. The molecule has 1 aromatic carbocycles. The number of aryl methyl sites for hydroxylation is 1. The maximum Gasteiger partial charge on any atom is 0.311 e. The molecule has 0 amide bonds. The zero-order valence-corrected chi connectivity index (χ0v) is 21.5. The molecule has 1 aliphatic rings. The second-order valence-corrected chi connectivity index (χ2v) is 9.87. The molecular formula is C31H40O6. The summed E-state index contributed by atoms with van der Waals surface area (Å²) in [5, 5.41) is 30.3. The van der Waals surface area contributed by atoms with Crippen LogP contribution in [0.1, 0.15) is 69.8 Å². The average Bonchev–Trinajstić information content (AvgIpc) is 3.17. The van der Waals surface area contributed by atoms with Crippen molar-refractivity contribution in [2.75, 3.05) is 0 Å². The third-order valence-electron chi connectivity index (χ3n) is 7.10. The van der Waals surface area contributed by atoms with Crippen LogP contribution < -0.4 is 0 Å². The van der Waals surface area contributed by atoms with Crippen LogP contribution >= 0.6 is 0 Å². The number of unbranched alkanes of at least 4 members (excludes halogenated alkanes) is 1. The number of terminal acetylenes is 2. The number of hydrogen-bond donors (Lipinski definition) is 3. The third kappa shape index (κ3) is 10.8. The summed E-state index contributed by atoms with van der Waals surface area (Å²) in [7, 11) is 0. The van der Waals surface area contributed by atoms with Crippen molar-refractivity contribution in [3.05, 3.63) is 48.0 Å². The van der Waals surface area contributed by atoms with Crippen molar-refractivity contribution in [1.82, 2.24) is 0 Å². The SMILES string of the molecule is C#CCC(CC#C)C(=O)O[C@@H]1C[C@H](O)[C@H](C/C=C/CCCC(=O)O)[C@H]1CC[C@@H](O)CCc1ccccc1. The van der Waals surface area contributed by atoms with Gasteiger partial charge in [0.05, 0.1) is 18.1 Å². The van der Waals surface area contributed by atoms with Crippen molar-refractivity contribution >= 4 is 11.9 Å². The van der Waals surface area contributed by atoms with Gasteiger partial charge in [0.2, 0.25) is 0 Å². The van der Waals surface area contributed by atoms with Gasteiger partial charge in [0.25, 0.3) is 0 Å². The number of hydrogen-bond acceptors (Lipinski definition) is 5. The Kier molecular flexibility index (Phi) is 13.6. The molecule has 6 nitrogen and oxygen atoms in total. The summed E-state index contributed by atoms with van der Waals surface area (Å²) in [5.41, 5.74) is 1.17. The van der Waals surface area contributed by atoms with E-state index in [1.165, 1.54) is 5.56 Å². The Labute approximate surface area is 221 Å². The Morgan fingerprint density at radius 2 is 1.78 bits per heavy atom. The van der Waals surface area contributed by atoms with Gasteiger partial charge in [0, 0.05) is 31.6 Å². The molecule has 1 saturated carbocycles. The predicted octanol–water partition coefficient (Wildman–Crippen LogP) is 4.53. The van der Waals surface area contributed by atoms with E-state index in [0.717, 1.165) is 6.42 Å². The van der Waals surface area contributed by atoms with Gasteiger partial charge >= 0.3 is 11.9 Å². The molecule has 0 aromatic heterocycles. The standard InChI is InChI=1S/C31H40O6/c1-3-12-24(13-4-2)31(36)37-29-22-28(33)26(16-10-5-6-11-17-30(34)35)27(29)21-20-25(32)19-18-23-14-8-7-9-15-23/h1-2,5,7-10,14-15,24-29,32-33H,6,11-13,16-22H2,(H,34,35)/b10-5+/t25-,26+,27+,28-,29+/m0/s1. The van der Waals surface area contributed by atoms with E-state index >= 15 is 0 Å². The van der Waals surface area contributed by atoms with Crippen molar-refractivity contribution in [2.24, 2.45) is 17.8 Å². The molecule has 1 fully saturated rings. The minimum absolute atomic E-state index is 0.119. The number of allylic oxidation sites excluding steroid dienone is 2. The van der Waals surface area contributed by atoms with Crippen molar-refractivity contribution in [3.63, 3.8) is 0 Å². The van der Waals surface area contributed by atoms with Gasteiger partial charge in [-0.05, 0) is 56.4 Å². The molecule has 1 aliphatic carbocycles. The van der Waals surface area contributed by atoms with Crippen molar-refractivity contribution in [3.8, 4) is 24.7 Å². The van der Waals surface area contributed by atoms with Gasteiger partial charge in [-0.3, -0.25) is 9.59 Å². The first-order valence-corrected chi connectivity index (χ1v) is 13.2. The van der Waals surface area contributed by atoms with E-state index in [-0.39, 0.29) is 31.1 Å². The van der Waals surface area contributed by atoms with Gasteiger partial charge in [-0.1, -0.05) is 42.5 Å². The van der Waals surface area contributed by atoms with Crippen molar-refractivity contribution in [2.45, 2.75) is 88.9 Å². The normalized spacial score (nSPS) is 22.0. The average molecular weight is 509 g/mol. The van der Waals surface area contributed by atoms with Crippen LogP contribution in [0.25, 0.3) is 0 Å². The fraction of sp³-hybridized carbons (Fsp3) is 0.548. The molecule has 200 valence electrons. The smallest absolute Gasteiger partial charge is 0.311 e. The Morgan fingerprint density at radius 3 is 2.43 bits per heavy atom. The highest BCUT2D eigenvalue weighted by Crippen LogP contribution is 2.41. The van der Waals surface area contributed by atoms with E-state index in [2.05, 4.69) is 11.8 Å². The number of carboxylic acids is 1. The van der Waals surface area contributed by atoms with Gasteiger partial charge in [0.1, 0.15) is 6.10 Å². The topological polar surface area (TPSA) is 104 Å². The first-order chi connectivity index (χ1) is 17.8. The van der Waals surface area contributed by atoms with Gasteiger partial charge in [-0.25, -0.2) is 0 Å². The number of carboxylic acid groups (broad SMARTS) is 1. The van der Waals surface area contributed by atoms with E-state index < -0.39 is 36.2 Å². The number of aliphatic hydroxyl groups is 2. The Balaban J connectivity index is 2.02. The van der Waals surface area contributed by atoms with E-state index in [4.69, 9.17) is 22.7 Å². The molecule has 0 unspecified atom stereocenters. The summed E-state index contributed by atoms with van der Waals surface area (Å²) in [6, 6.07) is 10.0. The molecular weight excluding hydrogens is 468 g/mol. The number of ether oxygens (including phenoxy) is 1. The highest BCUT2D eigenvalue weighted by atomic mass is 16.5. The monoisotopic (exact) mass is 508 g/mol. The van der Waals surface area contributed by atoms with Crippen LogP contribution in [-0.4, -0.2) is 45.6 Å². The largest absolute Gasteiger partial charge is 0.481 e. The minimum atomic E-state index is -0.817. The quantitative estimate of drug-likeness (QED) is 0.131. The maximum absolute atomic E-state index is 12.8. The number of aliphatic hydroxyl groups excluding tert-OH is 2. The first-order valence-electron chi connectivity index (χ1n) is 13.2. The predicted molar refractivity (Wildman–Crippen MR) is 143 cm³/mol. The summed E-state index contributed by atoms with van der Waals surface area (Å²) in [4.78, 5) is 23.5. The zero-order valence-electron chi connectivity index (χ0n) is 21.5. The second-order valence-electron chi connectivity index (χ2n) is 9.87. The lowest BCUT2D eigenvalue weighted by atomic mass is 9.85. The van der Waals surface area contributed by atoms with Crippen LogP contribution in [0.4, 0.5) is 0 Å². The highest BCUT2D eigenvalue weighted by Gasteiger charge is 2.44. The van der Waals surface area contributed by atoms with Crippen molar-refractivity contribution < 1.29 is 29.6 Å². The molecule has 0 bridgehead atoms. The summed E-state index contributed by atoms with van der Waals surface area (Å²) in [6.45, 7) is 0. The van der Waals surface area contributed by atoms with Gasteiger partial charge in [-0.15, -0.1) is 24.7 Å². The molecule has 0 spiro atoms. The first kappa shape index (κ1) is 30.2. The molecule has 0 aliphatic heterocycles. The molecule has 0 heterocycles.